The summed E-state index contributed by atoms with van der Waals surface area (Å²) in [5.41, 5.74) is 1.57. The van der Waals surface area contributed by atoms with Crippen LogP contribution in [0.1, 0.15) is 25.7 Å². The first-order valence-electron chi connectivity index (χ1n) is 11.2. The van der Waals surface area contributed by atoms with Gasteiger partial charge in [0.25, 0.3) is 0 Å². The van der Waals surface area contributed by atoms with Crippen LogP contribution in [0.4, 0.5) is 17.5 Å². The van der Waals surface area contributed by atoms with Crippen molar-refractivity contribution < 1.29 is 14.3 Å². The van der Waals surface area contributed by atoms with Crippen molar-refractivity contribution >= 4 is 34.3 Å². The molecule has 0 atom stereocenters. The highest BCUT2D eigenvalue weighted by Gasteiger charge is 2.27. The minimum Gasteiger partial charge on any atom is -0.497 e. The lowest BCUT2D eigenvalue weighted by molar-refractivity contribution is -0.120. The molecule has 0 spiro atoms. The lowest BCUT2D eigenvalue weighted by Gasteiger charge is -2.29. The first-order valence-corrected chi connectivity index (χ1v) is 11.2. The van der Waals surface area contributed by atoms with E-state index in [0.717, 1.165) is 42.4 Å². The van der Waals surface area contributed by atoms with Crippen LogP contribution in [0.25, 0.3) is 10.9 Å². The van der Waals surface area contributed by atoms with Gasteiger partial charge in [0.05, 0.1) is 25.4 Å². The SMILES string of the molecule is COc1ccc(NC(=O)[C@H]2CC[C@@H](Nc3nc(N(C)C)c4ccccc4n3)CC2)c(OC)c1. The van der Waals surface area contributed by atoms with Gasteiger partial charge in [-0.05, 0) is 49.9 Å². The molecule has 1 fully saturated rings. The van der Waals surface area contributed by atoms with Crippen molar-refractivity contribution in [1.29, 1.82) is 0 Å². The van der Waals surface area contributed by atoms with Gasteiger partial charge in [-0.15, -0.1) is 0 Å². The van der Waals surface area contributed by atoms with Crippen molar-refractivity contribution in [3.63, 3.8) is 0 Å². The minimum absolute atomic E-state index is 0.0220. The molecule has 0 aliphatic heterocycles. The van der Waals surface area contributed by atoms with E-state index in [2.05, 4.69) is 10.6 Å². The fourth-order valence-corrected chi connectivity index (χ4v) is 4.28. The third-order valence-electron chi connectivity index (χ3n) is 6.10. The number of methoxy groups -OCH3 is 2. The number of amides is 1. The fraction of sp³-hybridized carbons (Fsp3) is 0.400. The van der Waals surface area contributed by atoms with Crippen LogP contribution in [0, 0.1) is 5.92 Å². The Kier molecular flexibility index (Phi) is 6.82. The summed E-state index contributed by atoms with van der Waals surface area (Å²) in [5.74, 6) is 2.78. The number of rotatable bonds is 7. The summed E-state index contributed by atoms with van der Waals surface area (Å²) in [5, 5.41) is 7.54. The maximum Gasteiger partial charge on any atom is 0.227 e. The Hall–Kier alpha value is -3.55. The first-order chi connectivity index (χ1) is 16.0. The number of fused-ring (bicyclic) bond motifs is 1. The number of ether oxygens (including phenoxy) is 2. The first kappa shape index (κ1) is 22.6. The number of para-hydroxylation sites is 1. The molecule has 2 aromatic carbocycles. The summed E-state index contributed by atoms with van der Waals surface area (Å²) in [6.07, 6.45) is 3.36. The summed E-state index contributed by atoms with van der Waals surface area (Å²) in [6, 6.07) is 13.6. The van der Waals surface area contributed by atoms with Crippen LogP contribution >= 0.6 is 0 Å². The molecule has 174 valence electrons. The number of hydrogen-bond acceptors (Lipinski definition) is 7. The van der Waals surface area contributed by atoms with Gasteiger partial charge >= 0.3 is 0 Å². The number of aromatic nitrogens is 2. The molecule has 3 aromatic rings. The lowest BCUT2D eigenvalue weighted by Crippen LogP contribution is -2.32. The van der Waals surface area contributed by atoms with Crippen LogP contribution in [0.5, 0.6) is 11.5 Å². The topological polar surface area (TPSA) is 88.6 Å². The van der Waals surface area contributed by atoms with Crippen LogP contribution < -0.4 is 25.0 Å². The largest absolute Gasteiger partial charge is 0.497 e. The smallest absolute Gasteiger partial charge is 0.227 e. The van der Waals surface area contributed by atoms with Gasteiger partial charge in [0, 0.05) is 37.5 Å². The van der Waals surface area contributed by atoms with Crippen molar-refractivity contribution in [1.82, 2.24) is 9.97 Å². The molecule has 1 saturated carbocycles. The van der Waals surface area contributed by atoms with E-state index in [4.69, 9.17) is 19.4 Å². The lowest BCUT2D eigenvalue weighted by atomic mass is 9.85. The molecule has 33 heavy (non-hydrogen) atoms. The molecule has 8 nitrogen and oxygen atoms in total. The van der Waals surface area contributed by atoms with Crippen molar-refractivity contribution in [3.05, 3.63) is 42.5 Å². The van der Waals surface area contributed by atoms with Crippen LogP contribution in [0.3, 0.4) is 0 Å². The van der Waals surface area contributed by atoms with Gasteiger partial charge in [-0.3, -0.25) is 4.79 Å². The molecular formula is C25H31N5O3. The molecule has 0 unspecified atom stereocenters. The molecule has 2 N–H and O–H groups in total. The number of nitrogens with one attached hydrogen (secondary N) is 2. The molecule has 1 heterocycles. The van der Waals surface area contributed by atoms with Crippen molar-refractivity contribution in [2.45, 2.75) is 31.7 Å². The number of anilines is 3. The van der Waals surface area contributed by atoms with E-state index >= 15 is 0 Å². The zero-order valence-corrected chi connectivity index (χ0v) is 19.6. The third kappa shape index (κ3) is 5.10. The molecule has 1 aliphatic carbocycles. The summed E-state index contributed by atoms with van der Waals surface area (Å²) in [4.78, 5) is 24.3. The van der Waals surface area contributed by atoms with E-state index in [-0.39, 0.29) is 17.9 Å². The molecule has 1 amide bonds. The highest BCUT2D eigenvalue weighted by atomic mass is 16.5. The Morgan fingerprint density at radius 1 is 1.00 bits per heavy atom. The van der Waals surface area contributed by atoms with Gasteiger partial charge in [0.2, 0.25) is 11.9 Å². The van der Waals surface area contributed by atoms with E-state index in [0.29, 0.717) is 23.1 Å². The Morgan fingerprint density at radius 2 is 1.76 bits per heavy atom. The Bertz CT molecular complexity index is 1130. The van der Waals surface area contributed by atoms with Crippen molar-refractivity contribution in [3.8, 4) is 11.5 Å². The van der Waals surface area contributed by atoms with Crippen LogP contribution in [0.15, 0.2) is 42.5 Å². The molecule has 1 aliphatic rings. The number of benzene rings is 2. The maximum absolute atomic E-state index is 12.9. The van der Waals surface area contributed by atoms with Crippen molar-refractivity contribution in [2.24, 2.45) is 5.92 Å². The van der Waals surface area contributed by atoms with Gasteiger partial charge in [-0.25, -0.2) is 4.98 Å². The van der Waals surface area contributed by atoms with Crippen molar-refractivity contribution in [2.75, 3.05) is 43.8 Å². The van der Waals surface area contributed by atoms with E-state index in [1.54, 1.807) is 20.3 Å². The predicted octanol–water partition coefficient (Wildman–Crippen LogP) is 4.32. The van der Waals surface area contributed by atoms with Crippen LogP contribution in [0.2, 0.25) is 0 Å². The Balaban J connectivity index is 1.38. The fourth-order valence-electron chi connectivity index (χ4n) is 4.28. The molecule has 0 saturated heterocycles. The normalized spacial score (nSPS) is 17.9. The summed E-state index contributed by atoms with van der Waals surface area (Å²) >= 11 is 0. The third-order valence-corrected chi connectivity index (χ3v) is 6.10. The second kappa shape index (κ2) is 9.94. The average Bonchev–Trinajstić information content (AvgIpc) is 2.84. The highest BCUT2D eigenvalue weighted by Crippen LogP contribution is 2.32. The summed E-state index contributed by atoms with van der Waals surface area (Å²) in [6.45, 7) is 0. The quantitative estimate of drug-likeness (QED) is 0.555. The molecule has 1 aromatic heterocycles. The zero-order valence-electron chi connectivity index (χ0n) is 19.6. The van der Waals surface area contributed by atoms with Crippen LogP contribution in [-0.4, -0.2) is 50.2 Å². The van der Waals surface area contributed by atoms with Gasteiger partial charge in [0.15, 0.2) is 0 Å². The predicted molar refractivity (Wildman–Crippen MR) is 131 cm³/mol. The van der Waals surface area contributed by atoms with Gasteiger partial charge in [-0.2, -0.15) is 4.98 Å². The number of carbonyl (C=O) groups excluding carboxylic acids is 1. The highest BCUT2D eigenvalue weighted by molar-refractivity contribution is 5.94. The van der Waals surface area contributed by atoms with E-state index in [1.807, 2.05) is 55.4 Å². The molecule has 0 bridgehead atoms. The van der Waals surface area contributed by atoms with E-state index < -0.39 is 0 Å². The van der Waals surface area contributed by atoms with Crippen LogP contribution in [-0.2, 0) is 4.79 Å². The second-order valence-corrected chi connectivity index (χ2v) is 8.53. The van der Waals surface area contributed by atoms with Gasteiger partial charge in [0.1, 0.15) is 17.3 Å². The molecular weight excluding hydrogens is 418 g/mol. The standard InChI is InChI=1S/C25H31N5O3/c1-30(2)23-19-7-5-6-8-20(19)28-25(29-23)26-17-11-9-16(10-12-17)24(31)27-21-14-13-18(32-3)15-22(21)33-4/h5-8,13-17H,9-12H2,1-4H3,(H,27,31)(H,26,28,29)/t16-,17+. The number of hydrogen-bond donors (Lipinski definition) is 2. The minimum atomic E-state index is -0.0373. The average molecular weight is 450 g/mol. The monoisotopic (exact) mass is 449 g/mol. The van der Waals surface area contributed by atoms with E-state index in [9.17, 15) is 4.79 Å². The Labute approximate surface area is 194 Å². The number of carbonyl (C=O) groups is 1. The number of nitrogens with zero attached hydrogens (tertiary/aromatic N) is 3. The zero-order chi connectivity index (χ0) is 23.4. The van der Waals surface area contributed by atoms with Gasteiger partial charge in [-0.1, -0.05) is 12.1 Å². The molecule has 4 rings (SSSR count). The Morgan fingerprint density at radius 3 is 2.45 bits per heavy atom. The molecule has 8 heteroatoms. The maximum atomic E-state index is 12.9. The van der Waals surface area contributed by atoms with Gasteiger partial charge < -0.3 is 25.0 Å². The molecule has 0 radical (unpaired) electrons. The second-order valence-electron chi connectivity index (χ2n) is 8.53. The summed E-state index contributed by atoms with van der Waals surface area (Å²) in [7, 11) is 7.15. The van der Waals surface area contributed by atoms with E-state index in [1.165, 1.54) is 0 Å². The summed E-state index contributed by atoms with van der Waals surface area (Å²) < 4.78 is 10.6.